The quantitative estimate of drug-likeness (QED) is 0.157. The van der Waals surface area contributed by atoms with Crippen LogP contribution in [0.4, 0.5) is 4.79 Å². The number of hydrogen-bond acceptors (Lipinski definition) is 7. The summed E-state index contributed by atoms with van der Waals surface area (Å²) in [6.07, 6.45) is 4.10. The van der Waals surface area contributed by atoms with E-state index >= 15 is 0 Å². The summed E-state index contributed by atoms with van der Waals surface area (Å²) in [7, 11) is 1.50. The molecular weight excluding hydrogens is 564 g/mol. The first-order chi connectivity index (χ1) is 21.0. The summed E-state index contributed by atoms with van der Waals surface area (Å²) in [4.78, 5) is 68.2. The van der Waals surface area contributed by atoms with Crippen molar-refractivity contribution in [2.75, 3.05) is 33.4 Å². The van der Waals surface area contributed by atoms with Crippen LogP contribution in [0.2, 0.25) is 0 Å². The van der Waals surface area contributed by atoms with Gasteiger partial charge in [0.15, 0.2) is 0 Å². The number of ether oxygens (including phenoxy) is 2. The van der Waals surface area contributed by atoms with Crippen molar-refractivity contribution >= 4 is 29.6 Å². The Balaban J connectivity index is 1.57. The minimum absolute atomic E-state index is 0.0295. The topological polar surface area (TPSA) is 143 Å². The van der Waals surface area contributed by atoms with Crippen LogP contribution < -0.4 is 16.0 Å². The highest BCUT2D eigenvalue weighted by atomic mass is 16.6. The standard InChI is InChI=1S/C33H44N4O7/c1-6-8-13-24(28(38)30(40)34-14-7-2)35-29(39)27-25-23(33(25,3)4)19-37(27)31(41)26(36-32(42)44-16-15-43-5)22-17-20-11-9-10-12-21(20)18-22/h6-7,9-12,22-27H,1-2,8,13-19H2,3-5H3,(H,34,40)(H,35,39)(H,36,42)/t23-,24?,25-,26+,27+/m1/s1. The number of amides is 4. The Morgan fingerprint density at radius 1 is 1.05 bits per heavy atom. The number of hydrogen-bond donors (Lipinski definition) is 3. The molecule has 1 aliphatic heterocycles. The lowest BCUT2D eigenvalue weighted by Gasteiger charge is -2.35. The van der Waals surface area contributed by atoms with E-state index in [-0.39, 0.29) is 55.3 Å². The highest BCUT2D eigenvalue weighted by Crippen LogP contribution is 2.65. The molecule has 1 aromatic carbocycles. The molecule has 2 fully saturated rings. The lowest BCUT2D eigenvalue weighted by atomic mass is 9.93. The van der Waals surface area contributed by atoms with Gasteiger partial charge < -0.3 is 30.3 Å². The maximum Gasteiger partial charge on any atom is 0.407 e. The molecule has 1 saturated heterocycles. The fraction of sp³-hybridized carbons (Fsp3) is 0.545. The van der Waals surface area contributed by atoms with Crippen molar-refractivity contribution in [2.45, 2.75) is 57.7 Å². The first-order valence-corrected chi connectivity index (χ1v) is 15.2. The molecular formula is C33H44N4O7. The Bertz CT molecular complexity index is 1270. The van der Waals surface area contributed by atoms with Crippen LogP contribution in [0.3, 0.4) is 0 Å². The highest BCUT2D eigenvalue weighted by molar-refractivity contribution is 6.38. The molecule has 0 aromatic heterocycles. The number of nitrogens with one attached hydrogen (secondary N) is 3. The average molecular weight is 609 g/mol. The van der Waals surface area contributed by atoms with Crippen LogP contribution in [0.1, 0.15) is 37.8 Å². The summed E-state index contributed by atoms with van der Waals surface area (Å²) in [5.41, 5.74) is 2.04. The number of ketones is 1. The van der Waals surface area contributed by atoms with E-state index in [4.69, 9.17) is 9.47 Å². The number of fused-ring (bicyclic) bond motifs is 2. The van der Waals surface area contributed by atoms with Gasteiger partial charge in [-0.1, -0.05) is 50.3 Å². The molecule has 2 aliphatic carbocycles. The van der Waals surface area contributed by atoms with Crippen LogP contribution >= 0.6 is 0 Å². The van der Waals surface area contributed by atoms with Gasteiger partial charge in [0.1, 0.15) is 18.7 Å². The lowest BCUT2D eigenvalue weighted by molar-refractivity contribution is -0.144. The number of rotatable bonds is 15. The van der Waals surface area contributed by atoms with E-state index in [1.54, 1.807) is 11.0 Å². The van der Waals surface area contributed by atoms with Gasteiger partial charge in [0, 0.05) is 20.2 Å². The molecule has 5 atom stereocenters. The fourth-order valence-corrected chi connectivity index (χ4v) is 6.81. The van der Waals surface area contributed by atoms with Gasteiger partial charge in [0.05, 0.1) is 12.6 Å². The molecule has 11 nitrogen and oxygen atoms in total. The maximum atomic E-state index is 14.4. The minimum atomic E-state index is -1.09. The van der Waals surface area contributed by atoms with Gasteiger partial charge in [-0.3, -0.25) is 19.2 Å². The van der Waals surface area contributed by atoms with Crippen molar-refractivity contribution in [2.24, 2.45) is 23.2 Å². The number of methoxy groups -OCH3 is 1. The molecule has 11 heteroatoms. The van der Waals surface area contributed by atoms with Gasteiger partial charge >= 0.3 is 6.09 Å². The number of nitrogens with zero attached hydrogens (tertiary/aromatic N) is 1. The Morgan fingerprint density at radius 3 is 2.34 bits per heavy atom. The van der Waals surface area contributed by atoms with Crippen molar-refractivity contribution in [3.05, 3.63) is 60.7 Å². The number of Topliss-reactive ketones (excluding diaryl/α,β-unsaturated/α-hetero) is 1. The van der Waals surface area contributed by atoms with Gasteiger partial charge in [-0.2, -0.15) is 0 Å². The Kier molecular flexibility index (Phi) is 10.6. The summed E-state index contributed by atoms with van der Waals surface area (Å²) in [5, 5.41) is 8.05. The third-order valence-corrected chi connectivity index (χ3v) is 9.30. The normalized spacial score (nSPS) is 22.5. The zero-order chi connectivity index (χ0) is 32.0. The highest BCUT2D eigenvalue weighted by Gasteiger charge is 2.69. The summed E-state index contributed by atoms with van der Waals surface area (Å²) in [6.45, 7) is 12.1. The lowest BCUT2D eigenvalue weighted by Crippen LogP contribution is -2.59. The Labute approximate surface area is 258 Å². The number of benzene rings is 1. The first kappa shape index (κ1) is 32.9. The number of likely N-dealkylation sites (tertiary alicyclic amines) is 1. The molecule has 4 amide bonds. The molecule has 0 radical (unpaired) electrons. The fourth-order valence-electron chi connectivity index (χ4n) is 6.81. The maximum absolute atomic E-state index is 14.4. The van der Waals surface area contributed by atoms with Crippen LogP contribution in [-0.2, 0) is 41.5 Å². The number of alkyl carbamates (subject to hydrolysis) is 1. The molecule has 3 aliphatic rings. The molecule has 4 rings (SSSR count). The second kappa shape index (κ2) is 14.2. The third-order valence-electron chi connectivity index (χ3n) is 9.30. The van der Waals surface area contributed by atoms with E-state index in [1.165, 1.54) is 13.2 Å². The summed E-state index contributed by atoms with van der Waals surface area (Å²) in [5.74, 6) is -2.74. The number of allylic oxidation sites excluding steroid dienone is 1. The van der Waals surface area contributed by atoms with E-state index in [1.807, 2.05) is 24.3 Å². The summed E-state index contributed by atoms with van der Waals surface area (Å²) in [6, 6.07) is 5.04. The Hall–Kier alpha value is -3.99. The molecule has 0 spiro atoms. The van der Waals surface area contributed by atoms with Crippen LogP contribution in [0, 0.1) is 23.2 Å². The summed E-state index contributed by atoms with van der Waals surface area (Å²) >= 11 is 0. The van der Waals surface area contributed by atoms with Crippen LogP contribution in [0.15, 0.2) is 49.6 Å². The van der Waals surface area contributed by atoms with Crippen molar-refractivity contribution in [3.63, 3.8) is 0 Å². The van der Waals surface area contributed by atoms with Gasteiger partial charge in [0.2, 0.25) is 17.6 Å². The van der Waals surface area contributed by atoms with Gasteiger partial charge in [0.25, 0.3) is 5.91 Å². The predicted octanol–water partition coefficient (Wildman–Crippen LogP) is 1.95. The van der Waals surface area contributed by atoms with Crippen molar-refractivity contribution < 1.29 is 33.4 Å². The molecule has 44 heavy (non-hydrogen) atoms. The van der Waals surface area contributed by atoms with Crippen LogP contribution in [0.25, 0.3) is 0 Å². The number of carbonyl (C=O) groups excluding carboxylic acids is 5. The van der Waals surface area contributed by atoms with Crippen molar-refractivity contribution in [1.29, 1.82) is 0 Å². The van der Waals surface area contributed by atoms with Crippen LogP contribution in [0.5, 0.6) is 0 Å². The second-order valence-electron chi connectivity index (χ2n) is 12.4. The second-order valence-corrected chi connectivity index (χ2v) is 12.4. The summed E-state index contributed by atoms with van der Waals surface area (Å²) < 4.78 is 10.2. The van der Waals surface area contributed by atoms with E-state index in [9.17, 15) is 24.0 Å². The van der Waals surface area contributed by atoms with Crippen molar-refractivity contribution in [3.8, 4) is 0 Å². The molecule has 238 valence electrons. The average Bonchev–Trinajstić information content (AvgIpc) is 3.37. The Morgan fingerprint density at radius 2 is 1.73 bits per heavy atom. The van der Waals surface area contributed by atoms with E-state index in [0.717, 1.165) is 11.1 Å². The minimum Gasteiger partial charge on any atom is -0.447 e. The molecule has 3 N–H and O–H groups in total. The van der Waals surface area contributed by atoms with E-state index in [0.29, 0.717) is 25.8 Å². The number of carbonyl (C=O) groups is 5. The molecule has 1 aromatic rings. The van der Waals surface area contributed by atoms with E-state index in [2.05, 4.69) is 43.0 Å². The number of piperidine rings is 1. The smallest absolute Gasteiger partial charge is 0.407 e. The molecule has 1 unspecified atom stereocenters. The predicted molar refractivity (Wildman–Crippen MR) is 163 cm³/mol. The van der Waals surface area contributed by atoms with Gasteiger partial charge in [-0.15, -0.1) is 13.2 Å². The monoisotopic (exact) mass is 608 g/mol. The first-order valence-electron chi connectivity index (χ1n) is 15.2. The zero-order valence-corrected chi connectivity index (χ0v) is 25.8. The van der Waals surface area contributed by atoms with Gasteiger partial charge in [-0.25, -0.2) is 4.79 Å². The van der Waals surface area contributed by atoms with E-state index < -0.39 is 41.8 Å². The molecule has 1 heterocycles. The molecule has 0 bridgehead atoms. The zero-order valence-electron chi connectivity index (χ0n) is 25.8. The molecule has 1 saturated carbocycles. The largest absolute Gasteiger partial charge is 0.447 e. The SMILES string of the molecule is C=CCCC(NC(=O)[C@@H]1[C@H]2[C@@H](CN1C(=O)[C@@H](NC(=O)OCCOC)C1Cc3ccccc3C1)C2(C)C)C(=O)C(=O)NCC=C. The van der Waals surface area contributed by atoms with Crippen LogP contribution in [-0.4, -0.2) is 86.0 Å². The third kappa shape index (κ3) is 7.04. The van der Waals surface area contributed by atoms with Crippen molar-refractivity contribution in [1.82, 2.24) is 20.9 Å². The van der Waals surface area contributed by atoms with Gasteiger partial charge in [-0.05, 0) is 60.0 Å².